The Hall–Kier alpha value is -0.920. The molecule has 1 heterocycles. The van der Waals surface area contributed by atoms with Crippen molar-refractivity contribution in [3.63, 3.8) is 0 Å². The van der Waals surface area contributed by atoms with Gasteiger partial charge in [-0.1, -0.05) is 0 Å². The van der Waals surface area contributed by atoms with Crippen LogP contribution in [0.5, 0.6) is 0 Å². The molecule has 7 heteroatoms. The summed E-state index contributed by atoms with van der Waals surface area (Å²) in [6.45, 7) is 3.73. The van der Waals surface area contributed by atoms with Crippen molar-refractivity contribution >= 4 is 39.1 Å². The molecule has 17 heavy (non-hydrogen) atoms. The first-order valence-electron chi connectivity index (χ1n) is 5.02. The van der Waals surface area contributed by atoms with Crippen molar-refractivity contribution in [2.45, 2.75) is 19.9 Å². The van der Waals surface area contributed by atoms with Gasteiger partial charge in [0.05, 0.1) is 15.3 Å². The second-order valence-corrected chi connectivity index (χ2v) is 5.66. The molecule has 0 fully saturated rings. The third-order valence-electron chi connectivity index (χ3n) is 1.85. The fourth-order valence-electron chi connectivity index (χ4n) is 1.00. The zero-order chi connectivity index (χ0) is 12.8. The number of carbonyl (C=O) groups excluding carboxylic acids is 2. The van der Waals surface area contributed by atoms with Gasteiger partial charge in [-0.05, 0) is 41.9 Å². The van der Waals surface area contributed by atoms with Gasteiger partial charge in [-0.2, -0.15) is 0 Å². The summed E-state index contributed by atoms with van der Waals surface area (Å²) in [5, 5.41) is 2.58. The van der Waals surface area contributed by atoms with Crippen LogP contribution in [0.15, 0.2) is 15.9 Å². The van der Waals surface area contributed by atoms with Crippen molar-refractivity contribution in [1.82, 2.24) is 10.8 Å². The molecule has 1 unspecified atom stereocenters. The molecule has 0 aliphatic carbocycles. The molecule has 0 radical (unpaired) electrons. The molecule has 0 spiro atoms. The second-order valence-electron chi connectivity index (χ2n) is 3.20. The number of nitrogens with one attached hydrogen (secondary N) is 2. The highest BCUT2D eigenvalue weighted by atomic mass is 79.9. The highest BCUT2D eigenvalue weighted by molar-refractivity contribution is 9.11. The van der Waals surface area contributed by atoms with Gasteiger partial charge in [0.1, 0.15) is 6.04 Å². The average molecular weight is 321 g/mol. The van der Waals surface area contributed by atoms with Crippen LogP contribution >= 0.6 is 27.3 Å². The molecule has 0 aliphatic heterocycles. The minimum Gasteiger partial charge on any atom is -0.340 e. The molecule has 0 saturated heterocycles. The largest absolute Gasteiger partial charge is 0.340 e. The summed E-state index contributed by atoms with van der Waals surface area (Å²) in [4.78, 5) is 28.4. The van der Waals surface area contributed by atoms with Crippen LogP contribution < -0.4 is 10.8 Å². The molecule has 1 atom stereocenters. The van der Waals surface area contributed by atoms with Gasteiger partial charge in [-0.25, -0.2) is 5.48 Å². The summed E-state index contributed by atoms with van der Waals surface area (Å²) >= 11 is 4.58. The van der Waals surface area contributed by atoms with Crippen molar-refractivity contribution in [2.75, 3.05) is 6.61 Å². The normalized spacial score (nSPS) is 11.9. The van der Waals surface area contributed by atoms with Crippen LogP contribution in [0.1, 0.15) is 23.5 Å². The smallest absolute Gasteiger partial charge is 0.265 e. The van der Waals surface area contributed by atoms with Crippen molar-refractivity contribution in [2.24, 2.45) is 0 Å². The quantitative estimate of drug-likeness (QED) is 0.811. The van der Waals surface area contributed by atoms with E-state index in [4.69, 9.17) is 4.84 Å². The van der Waals surface area contributed by atoms with Gasteiger partial charge >= 0.3 is 0 Å². The Morgan fingerprint density at radius 2 is 2.24 bits per heavy atom. The first-order valence-corrected chi connectivity index (χ1v) is 6.63. The lowest BCUT2D eigenvalue weighted by atomic mass is 10.3. The van der Waals surface area contributed by atoms with E-state index in [0.29, 0.717) is 11.5 Å². The van der Waals surface area contributed by atoms with Crippen molar-refractivity contribution in [3.8, 4) is 0 Å². The molecular weight excluding hydrogens is 308 g/mol. The minimum absolute atomic E-state index is 0.278. The maximum absolute atomic E-state index is 11.7. The van der Waals surface area contributed by atoms with Gasteiger partial charge < -0.3 is 5.32 Å². The van der Waals surface area contributed by atoms with Gasteiger partial charge in [0, 0.05) is 0 Å². The molecule has 0 saturated carbocycles. The molecule has 94 valence electrons. The van der Waals surface area contributed by atoms with Crippen molar-refractivity contribution < 1.29 is 14.4 Å². The monoisotopic (exact) mass is 320 g/mol. The summed E-state index contributed by atoms with van der Waals surface area (Å²) in [6, 6.07) is 2.83. The Kier molecular flexibility index (Phi) is 5.60. The number of hydrogen-bond donors (Lipinski definition) is 2. The van der Waals surface area contributed by atoms with Crippen LogP contribution in [-0.2, 0) is 9.63 Å². The predicted molar refractivity (Wildman–Crippen MR) is 68.7 cm³/mol. The number of rotatable bonds is 5. The van der Waals surface area contributed by atoms with Crippen LogP contribution in [0.2, 0.25) is 0 Å². The molecule has 0 aromatic carbocycles. The molecule has 1 rings (SSSR count). The van der Waals surface area contributed by atoms with Crippen LogP contribution in [0.25, 0.3) is 0 Å². The van der Waals surface area contributed by atoms with Gasteiger partial charge in [0.25, 0.3) is 11.8 Å². The molecule has 2 N–H and O–H groups in total. The number of carbonyl (C=O) groups is 2. The van der Waals surface area contributed by atoms with Crippen LogP contribution in [0, 0.1) is 0 Å². The van der Waals surface area contributed by atoms with E-state index in [2.05, 4.69) is 26.7 Å². The van der Waals surface area contributed by atoms with E-state index in [0.717, 1.165) is 3.79 Å². The first kappa shape index (κ1) is 14.1. The SMILES string of the molecule is CCONC(=O)C(C)NC(=O)c1ccc(Br)s1. The van der Waals surface area contributed by atoms with E-state index in [-0.39, 0.29) is 11.8 Å². The topological polar surface area (TPSA) is 67.4 Å². The van der Waals surface area contributed by atoms with Crippen molar-refractivity contribution in [3.05, 3.63) is 20.8 Å². The Morgan fingerprint density at radius 1 is 1.53 bits per heavy atom. The highest BCUT2D eigenvalue weighted by Crippen LogP contribution is 2.21. The summed E-state index contributed by atoms with van der Waals surface area (Å²) in [5.41, 5.74) is 2.23. The lowest BCUT2D eigenvalue weighted by Gasteiger charge is -2.12. The third kappa shape index (κ3) is 4.45. The molecular formula is C10H13BrN2O3S. The summed E-state index contributed by atoms with van der Waals surface area (Å²) < 4.78 is 0.870. The molecule has 0 aliphatic rings. The predicted octanol–water partition coefficient (Wildman–Crippen LogP) is 1.70. The van der Waals surface area contributed by atoms with Gasteiger partial charge in [0.15, 0.2) is 0 Å². The zero-order valence-corrected chi connectivity index (χ0v) is 11.9. The summed E-state index contributed by atoms with van der Waals surface area (Å²) in [7, 11) is 0. The molecule has 2 amide bonds. The molecule has 5 nitrogen and oxygen atoms in total. The third-order valence-corrected chi connectivity index (χ3v) is 3.48. The van der Waals surface area contributed by atoms with Crippen molar-refractivity contribution in [1.29, 1.82) is 0 Å². The summed E-state index contributed by atoms with van der Waals surface area (Å²) in [6.07, 6.45) is 0. The number of hydroxylamine groups is 1. The maximum Gasteiger partial charge on any atom is 0.265 e. The average Bonchev–Trinajstić information content (AvgIpc) is 2.72. The minimum atomic E-state index is -0.644. The molecule has 1 aromatic rings. The fourth-order valence-corrected chi connectivity index (χ4v) is 2.29. The Labute approximate surface area is 112 Å². The Morgan fingerprint density at radius 3 is 2.76 bits per heavy atom. The van der Waals surface area contributed by atoms with E-state index in [1.807, 2.05) is 0 Å². The second kappa shape index (κ2) is 6.73. The maximum atomic E-state index is 11.7. The van der Waals surface area contributed by atoms with Crippen LogP contribution in [0.3, 0.4) is 0 Å². The Balaban J connectivity index is 2.48. The van der Waals surface area contributed by atoms with Crippen LogP contribution in [-0.4, -0.2) is 24.5 Å². The number of thiophene rings is 1. The number of halogens is 1. The van der Waals surface area contributed by atoms with E-state index in [1.165, 1.54) is 11.3 Å². The van der Waals surface area contributed by atoms with E-state index in [9.17, 15) is 9.59 Å². The molecule has 1 aromatic heterocycles. The number of hydrogen-bond acceptors (Lipinski definition) is 4. The van der Waals surface area contributed by atoms with E-state index in [1.54, 1.807) is 26.0 Å². The van der Waals surface area contributed by atoms with Gasteiger partial charge in [-0.15, -0.1) is 11.3 Å². The summed E-state index contributed by atoms with van der Waals surface area (Å²) in [5.74, 6) is -0.657. The Bertz CT molecular complexity index is 408. The first-order chi connectivity index (χ1) is 8.04. The van der Waals surface area contributed by atoms with Gasteiger partial charge in [0.2, 0.25) is 0 Å². The van der Waals surface area contributed by atoms with Crippen LogP contribution in [0.4, 0.5) is 0 Å². The van der Waals surface area contributed by atoms with E-state index >= 15 is 0 Å². The fraction of sp³-hybridized carbons (Fsp3) is 0.400. The lowest BCUT2D eigenvalue weighted by molar-refractivity contribution is -0.134. The zero-order valence-electron chi connectivity index (χ0n) is 9.45. The van der Waals surface area contributed by atoms with Gasteiger partial charge in [-0.3, -0.25) is 14.4 Å². The lowest BCUT2D eigenvalue weighted by Crippen LogP contribution is -2.44. The highest BCUT2D eigenvalue weighted by Gasteiger charge is 2.17. The molecule has 0 bridgehead atoms. The standard InChI is InChI=1S/C10H13BrN2O3S/c1-3-16-13-9(14)6(2)12-10(15)7-4-5-8(11)17-7/h4-6H,3H2,1-2H3,(H,12,15)(H,13,14). The van der Waals surface area contributed by atoms with E-state index < -0.39 is 6.04 Å². The number of amides is 2.